The summed E-state index contributed by atoms with van der Waals surface area (Å²) in [5.74, 6) is 0.647. The molecule has 1 aromatic carbocycles. The molecule has 1 fully saturated rings. The Kier molecular flexibility index (Phi) is 2.15. The molecule has 3 heteroatoms. The maximum absolute atomic E-state index is 6.25. The van der Waals surface area contributed by atoms with Gasteiger partial charge in [0.1, 0.15) is 0 Å². The van der Waals surface area contributed by atoms with Crippen LogP contribution in [0.5, 0.6) is 0 Å². The lowest BCUT2D eigenvalue weighted by Crippen LogP contribution is -2.32. The van der Waals surface area contributed by atoms with Crippen LogP contribution in [0.3, 0.4) is 0 Å². The van der Waals surface area contributed by atoms with Crippen molar-refractivity contribution in [3.05, 3.63) is 28.8 Å². The predicted octanol–water partition coefficient (Wildman–Crippen LogP) is 2.05. The average molecular weight is 223 g/mol. The van der Waals surface area contributed by atoms with E-state index < -0.39 is 0 Å². The van der Waals surface area contributed by atoms with Crippen molar-refractivity contribution in [2.45, 2.75) is 18.9 Å². The van der Waals surface area contributed by atoms with Crippen LogP contribution in [0.15, 0.2) is 18.2 Å². The summed E-state index contributed by atoms with van der Waals surface area (Å²) in [6.45, 7) is 1.91. The lowest BCUT2D eigenvalue weighted by molar-refractivity contribution is 0.491. The summed E-state index contributed by atoms with van der Waals surface area (Å²) in [6, 6.07) is 6.82. The SMILES string of the molecule is NCC1CCN2c3c(Cl)cccc3CC12. The van der Waals surface area contributed by atoms with Crippen molar-refractivity contribution < 1.29 is 0 Å². The Labute approximate surface area is 95.0 Å². The van der Waals surface area contributed by atoms with Crippen LogP contribution in [0.25, 0.3) is 0 Å². The number of halogens is 1. The molecule has 2 aliphatic heterocycles. The fourth-order valence-corrected chi connectivity index (χ4v) is 3.32. The van der Waals surface area contributed by atoms with Crippen LogP contribution in [0.4, 0.5) is 5.69 Å². The van der Waals surface area contributed by atoms with Crippen molar-refractivity contribution in [3.63, 3.8) is 0 Å². The number of fused-ring (bicyclic) bond motifs is 3. The van der Waals surface area contributed by atoms with Gasteiger partial charge >= 0.3 is 0 Å². The van der Waals surface area contributed by atoms with Crippen molar-refractivity contribution in [2.24, 2.45) is 11.7 Å². The largest absolute Gasteiger partial charge is 0.366 e. The fourth-order valence-electron chi connectivity index (χ4n) is 3.02. The highest BCUT2D eigenvalue weighted by atomic mass is 35.5. The number of nitrogens with zero attached hydrogens (tertiary/aromatic N) is 1. The van der Waals surface area contributed by atoms with Gasteiger partial charge in [0.25, 0.3) is 0 Å². The molecule has 2 heterocycles. The van der Waals surface area contributed by atoms with Crippen LogP contribution in [0.1, 0.15) is 12.0 Å². The molecule has 2 aliphatic rings. The molecule has 15 heavy (non-hydrogen) atoms. The van der Waals surface area contributed by atoms with Crippen LogP contribution < -0.4 is 10.6 Å². The van der Waals surface area contributed by atoms with E-state index >= 15 is 0 Å². The molecular weight excluding hydrogens is 208 g/mol. The zero-order valence-corrected chi connectivity index (χ0v) is 9.37. The van der Waals surface area contributed by atoms with Crippen LogP contribution in [-0.4, -0.2) is 19.1 Å². The number of rotatable bonds is 1. The number of nitrogens with two attached hydrogens (primary N) is 1. The zero-order valence-electron chi connectivity index (χ0n) is 8.62. The molecule has 1 saturated heterocycles. The lowest BCUT2D eigenvalue weighted by Gasteiger charge is -2.22. The fraction of sp³-hybridized carbons (Fsp3) is 0.500. The molecule has 0 bridgehead atoms. The monoisotopic (exact) mass is 222 g/mol. The minimum Gasteiger partial charge on any atom is -0.366 e. The molecule has 0 radical (unpaired) electrons. The normalized spacial score (nSPS) is 28.0. The molecule has 0 saturated carbocycles. The van der Waals surface area contributed by atoms with E-state index in [0.29, 0.717) is 12.0 Å². The van der Waals surface area contributed by atoms with Gasteiger partial charge in [-0.1, -0.05) is 23.7 Å². The van der Waals surface area contributed by atoms with E-state index in [-0.39, 0.29) is 0 Å². The first-order chi connectivity index (χ1) is 7.31. The molecule has 2 N–H and O–H groups in total. The number of para-hydroxylation sites is 1. The van der Waals surface area contributed by atoms with Gasteiger partial charge in [0, 0.05) is 12.6 Å². The zero-order chi connectivity index (χ0) is 10.4. The molecule has 0 amide bonds. The van der Waals surface area contributed by atoms with Gasteiger partial charge in [-0.15, -0.1) is 0 Å². The van der Waals surface area contributed by atoms with Crippen LogP contribution in [0.2, 0.25) is 5.02 Å². The summed E-state index contributed by atoms with van der Waals surface area (Å²) in [5.41, 5.74) is 8.46. The predicted molar refractivity (Wildman–Crippen MR) is 63.5 cm³/mol. The van der Waals surface area contributed by atoms with E-state index in [1.54, 1.807) is 0 Å². The molecule has 0 aliphatic carbocycles. The number of hydrogen-bond donors (Lipinski definition) is 1. The summed E-state index contributed by atoms with van der Waals surface area (Å²) in [7, 11) is 0. The molecule has 2 unspecified atom stereocenters. The van der Waals surface area contributed by atoms with Gasteiger partial charge < -0.3 is 10.6 Å². The molecule has 1 aromatic rings. The molecular formula is C12H15ClN2. The summed E-state index contributed by atoms with van der Waals surface area (Å²) in [4.78, 5) is 2.45. The van der Waals surface area contributed by atoms with Gasteiger partial charge in [0.2, 0.25) is 0 Å². The third-order valence-electron chi connectivity index (χ3n) is 3.77. The van der Waals surface area contributed by atoms with Crippen LogP contribution in [0, 0.1) is 5.92 Å². The number of anilines is 1. The highest BCUT2D eigenvalue weighted by Gasteiger charge is 2.39. The standard InChI is InChI=1S/C12H15ClN2/c13-10-3-1-2-8-6-11-9(7-14)4-5-15(11)12(8)10/h1-3,9,11H,4-7,14H2. The summed E-state index contributed by atoms with van der Waals surface area (Å²) >= 11 is 6.25. The van der Waals surface area contributed by atoms with E-state index in [1.807, 2.05) is 12.1 Å². The van der Waals surface area contributed by atoms with Crippen molar-refractivity contribution in [1.29, 1.82) is 0 Å². The summed E-state index contributed by atoms with van der Waals surface area (Å²) in [5, 5.41) is 0.896. The molecule has 2 nitrogen and oxygen atoms in total. The molecule has 3 rings (SSSR count). The minimum atomic E-state index is 0.602. The van der Waals surface area contributed by atoms with Crippen molar-refractivity contribution in [2.75, 3.05) is 18.0 Å². The summed E-state index contributed by atoms with van der Waals surface area (Å²) in [6.07, 6.45) is 2.34. The highest BCUT2D eigenvalue weighted by molar-refractivity contribution is 6.33. The smallest absolute Gasteiger partial charge is 0.0642 e. The van der Waals surface area contributed by atoms with Crippen molar-refractivity contribution >= 4 is 17.3 Å². The van der Waals surface area contributed by atoms with E-state index in [0.717, 1.165) is 24.5 Å². The van der Waals surface area contributed by atoms with E-state index in [1.165, 1.54) is 17.7 Å². The van der Waals surface area contributed by atoms with Gasteiger partial charge in [0.15, 0.2) is 0 Å². The molecule has 0 aromatic heterocycles. The van der Waals surface area contributed by atoms with Gasteiger partial charge in [-0.3, -0.25) is 0 Å². The second kappa shape index (κ2) is 3.39. The molecule has 2 atom stereocenters. The highest BCUT2D eigenvalue weighted by Crippen LogP contribution is 2.43. The third kappa shape index (κ3) is 1.28. The van der Waals surface area contributed by atoms with E-state index in [9.17, 15) is 0 Å². The maximum atomic E-state index is 6.25. The van der Waals surface area contributed by atoms with Crippen LogP contribution in [-0.2, 0) is 6.42 Å². The Hall–Kier alpha value is -0.730. The topological polar surface area (TPSA) is 29.3 Å². The Bertz CT molecular complexity index is 391. The molecule has 0 spiro atoms. The van der Waals surface area contributed by atoms with Gasteiger partial charge in [0.05, 0.1) is 10.7 Å². The third-order valence-corrected chi connectivity index (χ3v) is 4.08. The Balaban J connectivity index is 2.02. The molecule has 80 valence electrons. The minimum absolute atomic E-state index is 0.602. The van der Waals surface area contributed by atoms with Gasteiger partial charge in [-0.05, 0) is 36.9 Å². The first-order valence-electron chi connectivity index (χ1n) is 5.55. The Morgan fingerprint density at radius 2 is 2.33 bits per heavy atom. The Morgan fingerprint density at radius 1 is 1.47 bits per heavy atom. The van der Waals surface area contributed by atoms with Gasteiger partial charge in [-0.2, -0.15) is 0 Å². The average Bonchev–Trinajstić information content (AvgIpc) is 2.75. The Morgan fingerprint density at radius 3 is 3.13 bits per heavy atom. The quantitative estimate of drug-likeness (QED) is 0.788. The maximum Gasteiger partial charge on any atom is 0.0642 e. The van der Waals surface area contributed by atoms with E-state index in [2.05, 4.69) is 11.0 Å². The van der Waals surface area contributed by atoms with Gasteiger partial charge in [-0.25, -0.2) is 0 Å². The number of benzene rings is 1. The van der Waals surface area contributed by atoms with E-state index in [4.69, 9.17) is 17.3 Å². The van der Waals surface area contributed by atoms with Crippen molar-refractivity contribution in [3.8, 4) is 0 Å². The first kappa shape index (κ1) is 9.49. The second-order valence-electron chi connectivity index (χ2n) is 4.50. The first-order valence-corrected chi connectivity index (χ1v) is 5.93. The van der Waals surface area contributed by atoms with Crippen LogP contribution >= 0.6 is 11.6 Å². The van der Waals surface area contributed by atoms with Crippen molar-refractivity contribution in [1.82, 2.24) is 0 Å². The lowest BCUT2D eigenvalue weighted by atomic mass is 9.97. The second-order valence-corrected chi connectivity index (χ2v) is 4.90. The summed E-state index contributed by atoms with van der Waals surface area (Å²) < 4.78 is 0. The number of hydrogen-bond acceptors (Lipinski definition) is 2.